The molecular formula is C10H14BrClN2O2. The van der Waals surface area contributed by atoms with Gasteiger partial charge in [0.2, 0.25) is 0 Å². The first-order valence-corrected chi connectivity index (χ1v) is 5.97. The predicted octanol–water partition coefficient (Wildman–Crippen LogP) is 2.79. The third-order valence-electron chi connectivity index (χ3n) is 2.04. The Hall–Kier alpha value is -0.230. The topological polar surface area (TPSA) is 44.2 Å². The van der Waals surface area contributed by atoms with Crippen molar-refractivity contribution in [2.45, 2.75) is 19.4 Å². The third kappa shape index (κ3) is 3.38. The van der Waals surface area contributed by atoms with Gasteiger partial charge in [-0.3, -0.25) is 0 Å². The van der Waals surface area contributed by atoms with Crippen LogP contribution in [-0.4, -0.2) is 30.8 Å². The van der Waals surface area contributed by atoms with E-state index in [-0.39, 0.29) is 5.92 Å². The summed E-state index contributed by atoms with van der Waals surface area (Å²) < 4.78 is 10.8. The zero-order valence-electron chi connectivity index (χ0n) is 9.46. The van der Waals surface area contributed by atoms with Crippen LogP contribution in [0.4, 0.5) is 0 Å². The average Bonchev–Trinajstić information content (AvgIpc) is 2.25. The Morgan fingerprint density at radius 3 is 2.56 bits per heavy atom. The molecule has 6 heteroatoms. The maximum atomic E-state index is 6.00. The Kier molecular flexibility index (Phi) is 5.61. The fraction of sp³-hybridized carbons (Fsp3) is 0.600. The molecule has 0 N–H and O–H groups in total. The molecule has 0 amide bonds. The number of halogens is 2. The SMILES string of the molecule is COCc1nc(C(C)COC)nc(Cl)c1Br. The molecule has 1 heterocycles. The molecule has 1 atom stereocenters. The van der Waals surface area contributed by atoms with Crippen LogP contribution in [0.3, 0.4) is 0 Å². The van der Waals surface area contributed by atoms with Gasteiger partial charge in [-0.2, -0.15) is 0 Å². The van der Waals surface area contributed by atoms with E-state index in [1.807, 2.05) is 6.92 Å². The van der Waals surface area contributed by atoms with E-state index in [1.165, 1.54) is 0 Å². The second kappa shape index (κ2) is 6.49. The van der Waals surface area contributed by atoms with Crippen LogP contribution < -0.4 is 0 Å². The first-order chi connectivity index (χ1) is 7.60. The quantitative estimate of drug-likeness (QED) is 0.785. The predicted molar refractivity (Wildman–Crippen MR) is 65.7 cm³/mol. The summed E-state index contributed by atoms with van der Waals surface area (Å²) in [4.78, 5) is 8.60. The van der Waals surface area contributed by atoms with Crippen LogP contribution in [0.2, 0.25) is 5.15 Å². The highest BCUT2D eigenvalue weighted by molar-refractivity contribution is 9.10. The maximum absolute atomic E-state index is 6.00. The smallest absolute Gasteiger partial charge is 0.147 e. The lowest BCUT2D eigenvalue weighted by Crippen LogP contribution is -2.10. The zero-order valence-corrected chi connectivity index (χ0v) is 11.8. The number of hydrogen-bond acceptors (Lipinski definition) is 4. The molecule has 90 valence electrons. The number of rotatable bonds is 5. The first-order valence-electron chi connectivity index (χ1n) is 4.79. The molecule has 0 radical (unpaired) electrons. The van der Waals surface area contributed by atoms with Crippen molar-refractivity contribution < 1.29 is 9.47 Å². The van der Waals surface area contributed by atoms with Crippen molar-refractivity contribution in [1.29, 1.82) is 0 Å². The minimum absolute atomic E-state index is 0.103. The van der Waals surface area contributed by atoms with Crippen molar-refractivity contribution in [3.05, 3.63) is 21.1 Å². The van der Waals surface area contributed by atoms with Gasteiger partial charge in [-0.25, -0.2) is 9.97 Å². The van der Waals surface area contributed by atoms with E-state index in [2.05, 4.69) is 25.9 Å². The third-order valence-corrected chi connectivity index (χ3v) is 3.37. The highest BCUT2D eigenvalue weighted by Gasteiger charge is 2.15. The standard InChI is InChI=1S/C10H14BrClN2O2/c1-6(4-15-2)10-13-7(5-16-3)8(11)9(12)14-10/h6H,4-5H2,1-3H3. The highest BCUT2D eigenvalue weighted by Crippen LogP contribution is 2.26. The van der Waals surface area contributed by atoms with Crippen molar-refractivity contribution >= 4 is 27.5 Å². The Bertz CT molecular complexity index is 363. The van der Waals surface area contributed by atoms with Gasteiger partial charge in [0.15, 0.2) is 0 Å². The van der Waals surface area contributed by atoms with Gasteiger partial charge in [-0.05, 0) is 15.9 Å². The van der Waals surface area contributed by atoms with Crippen LogP contribution >= 0.6 is 27.5 Å². The summed E-state index contributed by atoms with van der Waals surface area (Å²) in [6.07, 6.45) is 0. The molecular weight excluding hydrogens is 295 g/mol. The van der Waals surface area contributed by atoms with Crippen LogP contribution in [0.5, 0.6) is 0 Å². The monoisotopic (exact) mass is 308 g/mol. The second-order valence-corrected chi connectivity index (χ2v) is 4.57. The number of ether oxygens (including phenoxy) is 2. The van der Waals surface area contributed by atoms with E-state index in [0.717, 1.165) is 5.69 Å². The summed E-state index contributed by atoms with van der Waals surface area (Å²) in [5.41, 5.74) is 0.750. The van der Waals surface area contributed by atoms with E-state index in [9.17, 15) is 0 Å². The van der Waals surface area contributed by atoms with Crippen molar-refractivity contribution in [2.24, 2.45) is 0 Å². The molecule has 0 aromatic carbocycles. The van der Waals surface area contributed by atoms with E-state index in [0.29, 0.717) is 28.7 Å². The molecule has 0 aliphatic rings. The lowest BCUT2D eigenvalue weighted by Gasteiger charge is -2.12. The molecule has 0 saturated heterocycles. The summed E-state index contributed by atoms with van der Waals surface area (Å²) in [6.45, 7) is 2.94. The van der Waals surface area contributed by atoms with Gasteiger partial charge in [-0.1, -0.05) is 18.5 Å². The molecule has 4 nitrogen and oxygen atoms in total. The number of nitrogens with zero attached hydrogens (tertiary/aromatic N) is 2. The largest absolute Gasteiger partial charge is 0.384 e. The van der Waals surface area contributed by atoms with Gasteiger partial charge < -0.3 is 9.47 Å². The molecule has 0 spiro atoms. The van der Waals surface area contributed by atoms with Crippen LogP contribution in [0.1, 0.15) is 24.4 Å². The Balaban J connectivity index is 3.03. The summed E-state index contributed by atoms with van der Waals surface area (Å²) in [5.74, 6) is 0.772. The van der Waals surface area contributed by atoms with Crippen LogP contribution in [-0.2, 0) is 16.1 Å². The average molecular weight is 310 g/mol. The van der Waals surface area contributed by atoms with Crippen molar-refractivity contribution in [1.82, 2.24) is 9.97 Å². The summed E-state index contributed by atoms with van der Waals surface area (Å²) in [5, 5.41) is 0.403. The Morgan fingerprint density at radius 2 is 2.00 bits per heavy atom. The number of methoxy groups -OCH3 is 2. The Morgan fingerprint density at radius 1 is 1.31 bits per heavy atom. The normalized spacial score (nSPS) is 12.8. The minimum Gasteiger partial charge on any atom is -0.384 e. The number of hydrogen-bond donors (Lipinski definition) is 0. The van der Waals surface area contributed by atoms with Gasteiger partial charge in [-0.15, -0.1) is 0 Å². The molecule has 0 aliphatic heterocycles. The lowest BCUT2D eigenvalue weighted by molar-refractivity contribution is 0.175. The molecule has 1 aromatic heterocycles. The molecule has 0 fully saturated rings. The molecule has 1 aromatic rings. The van der Waals surface area contributed by atoms with Gasteiger partial charge in [0, 0.05) is 20.1 Å². The van der Waals surface area contributed by atoms with E-state index < -0.39 is 0 Å². The van der Waals surface area contributed by atoms with Gasteiger partial charge >= 0.3 is 0 Å². The first kappa shape index (κ1) is 13.8. The lowest BCUT2D eigenvalue weighted by atomic mass is 10.2. The second-order valence-electron chi connectivity index (χ2n) is 3.42. The zero-order chi connectivity index (χ0) is 12.1. The fourth-order valence-corrected chi connectivity index (χ4v) is 1.75. The Labute approximate surface area is 108 Å². The maximum Gasteiger partial charge on any atom is 0.147 e. The van der Waals surface area contributed by atoms with Gasteiger partial charge in [0.1, 0.15) is 11.0 Å². The molecule has 0 aliphatic carbocycles. The van der Waals surface area contributed by atoms with Crippen LogP contribution in [0.15, 0.2) is 4.47 Å². The number of aromatic nitrogens is 2. The summed E-state index contributed by atoms with van der Waals surface area (Å²) in [6, 6.07) is 0. The van der Waals surface area contributed by atoms with Gasteiger partial charge in [0.25, 0.3) is 0 Å². The summed E-state index contributed by atoms with van der Waals surface area (Å²) in [7, 11) is 3.26. The van der Waals surface area contributed by atoms with E-state index >= 15 is 0 Å². The minimum atomic E-state index is 0.103. The van der Waals surface area contributed by atoms with E-state index in [1.54, 1.807) is 14.2 Å². The summed E-state index contributed by atoms with van der Waals surface area (Å²) >= 11 is 9.34. The van der Waals surface area contributed by atoms with Crippen molar-refractivity contribution in [3.8, 4) is 0 Å². The van der Waals surface area contributed by atoms with Gasteiger partial charge in [0.05, 0.1) is 23.4 Å². The fourth-order valence-electron chi connectivity index (χ4n) is 1.26. The molecule has 0 bridgehead atoms. The van der Waals surface area contributed by atoms with Crippen LogP contribution in [0, 0.1) is 0 Å². The molecule has 1 rings (SSSR count). The van der Waals surface area contributed by atoms with Crippen molar-refractivity contribution in [2.75, 3.05) is 20.8 Å². The molecule has 0 saturated carbocycles. The molecule has 16 heavy (non-hydrogen) atoms. The van der Waals surface area contributed by atoms with Crippen molar-refractivity contribution in [3.63, 3.8) is 0 Å². The molecule has 1 unspecified atom stereocenters. The van der Waals surface area contributed by atoms with Crippen LogP contribution in [0.25, 0.3) is 0 Å². The van der Waals surface area contributed by atoms with E-state index in [4.69, 9.17) is 21.1 Å². The highest BCUT2D eigenvalue weighted by atomic mass is 79.9.